The van der Waals surface area contributed by atoms with Crippen LogP contribution in [0.2, 0.25) is 0 Å². The van der Waals surface area contributed by atoms with Crippen LogP contribution in [0, 0.1) is 0 Å². The fraction of sp³-hybridized carbons (Fsp3) is 0.550. The molecule has 1 saturated heterocycles. The lowest BCUT2D eigenvalue weighted by Gasteiger charge is -2.22. The number of nitrogens with one attached hydrogen (secondary N) is 2. The van der Waals surface area contributed by atoms with Gasteiger partial charge in [-0.15, -0.1) is 5.10 Å². The molecule has 2 aromatic rings. The molecule has 0 bridgehead atoms. The van der Waals surface area contributed by atoms with E-state index < -0.39 is 0 Å². The number of aromatic nitrogens is 3. The SMILES string of the molecule is CC(C)(C)c1ccc(OCCNC(=O)c2cn(C3CCNCC3)nn2)cc1. The fourth-order valence-electron chi connectivity index (χ4n) is 3.11. The third kappa shape index (κ3) is 5.29. The second-order valence-electron chi connectivity index (χ2n) is 7.94. The van der Waals surface area contributed by atoms with Crippen molar-refractivity contribution < 1.29 is 9.53 Å². The maximum atomic E-state index is 12.2. The number of benzene rings is 1. The van der Waals surface area contributed by atoms with Gasteiger partial charge >= 0.3 is 0 Å². The second-order valence-corrected chi connectivity index (χ2v) is 7.94. The second kappa shape index (κ2) is 8.52. The van der Waals surface area contributed by atoms with Crippen LogP contribution in [-0.2, 0) is 5.41 Å². The average molecular weight is 371 g/mol. The lowest BCUT2D eigenvalue weighted by atomic mass is 9.87. The zero-order chi connectivity index (χ0) is 19.3. The van der Waals surface area contributed by atoms with Crippen molar-refractivity contribution in [2.75, 3.05) is 26.2 Å². The molecule has 7 heteroatoms. The molecule has 1 aliphatic heterocycles. The molecule has 0 atom stereocenters. The molecular weight excluding hydrogens is 342 g/mol. The number of amides is 1. The molecule has 146 valence electrons. The summed E-state index contributed by atoms with van der Waals surface area (Å²) in [6.07, 6.45) is 3.75. The van der Waals surface area contributed by atoms with Crippen molar-refractivity contribution in [3.8, 4) is 5.75 Å². The molecule has 1 amide bonds. The van der Waals surface area contributed by atoms with Crippen molar-refractivity contribution in [3.05, 3.63) is 41.7 Å². The van der Waals surface area contributed by atoms with Crippen molar-refractivity contribution in [1.29, 1.82) is 0 Å². The van der Waals surface area contributed by atoms with Gasteiger partial charge in [-0.3, -0.25) is 4.79 Å². The minimum absolute atomic E-state index is 0.123. The zero-order valence-corrected chi connectivity index (χ0v) is 16.4. The predicted molar refractivity (Wildman–Crippen MR) is 104 cm³/mol. The number of hydrogen-bond acceptors (Lipinski definition) is 5. The molecule has 1 aromatic carbocycles. The first-order valence-electron chi connectivity index (χ1n) is 9.57. The third-order valence-corrected chi connectivity index (χ3v) is 4.80. The highest BCUT2D eigenvalue weighted by Gasteiger charge is 2.18. The van der Waals surface area contributed by atoms with Gasteiger partial charge in [-0.1, -0.05) is 38.1 Å². The van der Waals surface area contributed by atoms with Gasteiger partial charge in [0.1, 0.15) is 12.4 Å². The van der Waals surface area contributed by atoms with E-state index >= 15 is 0 Å². The van der Waals surface area contributed by atoms with E-state index in [1.165, 1.54) is 5.56 Å². The van der Waals surface area contributed by atoms with E-state index in [4.69, 9.17) is 4.74 Å². The van der Waals surface area contributed by atoms with Gasteiger partial charge in [-0.2, -0.15) is 0 Å². The number of piperidine rings is 1. The van der Waals surface area contributed by atoms with Gasteiger partial charge < -0.3 is 15.4 Å². The Bertz CT molecular complexity index is 742. The summed E-state index contributed by atoms with van der Waals surface area (Å²) in [6.45, 7) is 9.31. The fourth-order valence-corrected chi connectivity index (χ4v) is 3.11. The van der Waals surface area contributed by atoms with E-state index in [1.807, 2.05) is 16.8 Å². The average Bonchev–Trinajstić information content (AvgIpc) is 3.16. The number of carbonyl (C=O) groups excluding carboxylic acids is 1. The number of ether oxygens (including phenoxy) is 1. The third-order valence-electron chi connectivity index (χ3n) is 4.80. The lowest BCUT2D eigenvalue weighted by Crippen LogP contribution is -2.30. The molecule has 0 spiro atoms. The van der Waals surface area contributed by atoms with Crippen LogP contribution in [0.1, 0.15) is 55.7 Å². The highest BCUT2D eigenvalue weighted by molar-refractivity contribution is 5.91. The van der Waals surface area contributed by atoms with E-state index in [9.17, 15) is 4.79 Å². The Labute approximate surface area is 160 Å². The van der Waals surface area contributed by atoms with Crippen LogP contribution in [-0.4, -0.2) is 47.1 Å². The largest absolute Gasteiger partial charge is 0.492 e. The highest BCUT2D eigenvalue weighted by atomic mass is 16.5. The summed E-state index contributed by atoms with van der Waals surface area (Å²) in [5, 5.41) is 14.3. The Hall–Kier alpha value is -2.41. The topological polar surface area (TPSA) is 81.1 Å². The summed E-state index contributed by atoms with van der Waals surface area (Å²) in [5.41, 5.74) is 1.74. The molecule has 7 nitrogen and oxygen atoms in total. The van der Waals surface area contributed by atoms with Crippen LogP contribution in [0.15, 0.2) is 30.5 Å². The monoisotopic (exact) mass is 371 g/mol. The molecule has 0 saturated carbocycles. The summed E-state index contributed by atoms with van der Waals surface area (Å²) in [4.78, 5) is 12.2. The van der Waals surface area contributed by atoms with Gasteiger partial charge in [-0.05, 0) is 49.0 Å². The molecule has 0 radical (unpaired) electrons. The summed E-state index contributed by atoms with van der Waals surface area (Å²) >= 11 is 0. The van der Waals surface area contributed by atoms with Crippen LogP contribution in [0.25, 0.3) is 0 Å². The Morgan fingerprint density at radius 2 is 1.96 bits per heavy atom. The maximum Gasteiger partial charge on any atom is 0.273 e. The first-order valence-corrected chi connectivity index (χ1v) is 9.57. The predicted octanol–water partition coefficient (Wildman–Crippen LogP) is 2.31. The Balaban J connectivity index is 1.42. The molecule has 1 aromatic heterocycles. The Kier molecular flexibility index (Phi) is 6.11. The van der Waals surface area contributed by atoms with Gasteiger partial charge in [0.2, 0.25) is 0 Å². The van der Waals surface area contributed by atoms with Crippen LogP contribution in [0.4, 0.5) is 0 Å². The van der Waals surface area contributed by atoms with Gasteiger partial charge in [0.25, 0.3) is 5.91 Å². The minimum atomic E-state index is -0.220. The van der Waals surface area contributed by atoms with Crippen LogP contribution < -0.4 is 15.4 Å². The molecule has 27 heavy (non-hydrogen) atoms. The van der Waals surface area contributed by atoms with E-state index in [0.29, 0.717) is 24.9 Å². The first kappa shape index (κ1) is 19.4. The number of hydrogen-bond donors (Lipinski definition) is 2. The van der Waals surface area contributed by atoms with Gasteiger partial charge in [0.15, 0.2) is 5.69 Å². The number of carbonyl (C=O) groups is 1. The number of rotatable bonds is 6. The Morgan fingerprint density at radius 1 is 1.26 bits per heavy atom. The normalized spacial score (nSPS) is 15.5. The quantitative estimate of drug-likeness (QED) is 0.762. The van der Waals surface area contributed by atoms with Crippen molar-refractivity contribution in [2.45, 2.75) is 45.1 Å². The standard InChI is InChI=1S/C20H29N5O2/c1-20(2,3)15-4-6-17(7-5-15)27-13-12-22-19(26)18-14-25(24-23-18)16-8-10-21-11-9-16/h4-7,14,16,21H,8-13H2,1-3H3,(H,22,26). The van der Waals surface area contributed by atoms with Crippen LogP contribution >= 0.6 is 0 Å². The summed E-state index contributed by atoms with van der Waals surface area (Å²) in [6, 6.07) is 8.40. The van der Waals surface area contributed by atoms with Gasteiger partial charge in [-0.25, -0.2) is 4.68 Å². The molecule has 1 fully saturated rings. The van der Waals surface area contributed by atoms with Crippen LogP contribution in [0.5, 0.6) is 5.75 Å². The van der Waals surface area contributed by atoms with Crippen LogP contribution in [0.3, 0.4) is 0 Å². The zero-order valence-electron chi connectivity index (χ0n) is 16.4. The summed E-state index contributed by atoms with van der Waals surface area (Å²) < 4.78 is 7.51. The van der Waals surface area contributed by atoms with Crippen molar-refractivity contribution in [2.24, 2.45) is 0 Å². The van der Waals surface area contributed by atoms with Crippen molar-refractivity contribution >= 4 is 5.91 Å². The van der Waals surface area contributed by atoms with Gasteiger partial charge in [0, 0.05) is 0 Å². The molecule has 1 aliphatic rings. The van der Waals surface area contributed by atoms with Crippen molar-refractivity contribution in [3.63, 3.8) is 0 Å². The maximum absolute atomic E-state index is 12.2. The smallest absolute Gasteiger partial charge is 0.273 e. The van der Waals surface area contributed by atoms with Crippen molar-refractivity contribution in [1.82, 2.24) is 25.6 Å². The van der Waals surface area contributed by atoms with E-state index in [1.54, 1.807) is 6.20 Å². The molecule has 3 rings (SSSR count). The lowest BCUT2D eigenvalue weighted by molar-refractivity contribution is 0.0942. The Morgan fingerprint density at radius 3 is 2.63 bits per heavy atom. The summed E-state index contributed by atoms with van der Waals surface area (Å²) in [5.74, 6) is 0.580. The number of nitrogens with zero attached hydrogens (tertiary/aromatic N) is 3. The van der Waals surface area contributed by atoms with E-state index in [2.05, 4.69) is 53.8 Å². The van der Waals surface area contributed by atoms with E-state index in [0.717, 1.165) is 31.7 Å². The molecule has 2 N–H and O–H groups in total. The molecular formula is C20H29N5O2. The van der Waals surface area contributed by atoms with Gasteiger partial charge in [0.05, 0.1) is 18.8 Å². The molecule has 0 aliphatic carbocycles. The minimum Gasteiger partial charge on any atom is -0.492 e. The highest BCUT2D eigenvalue weighted by Crippen LogP contribution is 2.24. The van der Waals surface area contributed by atoms with E-state index in [-0.39, 0.29) is 11.3 Å². The molecule has 2 heterocycles. The molecule has 0 unspecified atom stereocenters. The summed E-state index contributed by atoms with van der Waals surface area (Å²) in [7, 11) is 0. The first-order chi connectivity index (χ1) is 12.9.